The molecule has 0 unspecified atom stereocenters. The van der Waals surface area contributed by atoms with Gasteiger partial charge < -0.3 is 9.88 Å². The first kappa shape index (κ1) is 21.8. The minimum atomic E-state index is -0.448. The second-order valence-electron chi connectivity index (χ2n) is 7.95. The van der Waals surface area contributed by atoms with E-state index in [2.05, 4.69) is 10.3 Å². The third kappa shape index (κ3) is 4.28. The number of aliphatic imine (C=N–C) groups is 1. The Morgan fingerprint density at radius 1 is 0.971 bits per heavy atom. The summed E-state index contributed by atoms with van der Waals surface area (Å²) < 4.78 is 16.5. The van der Waals surface area contributed by atoms with Crippen molar-refractivity contribution in [1.82, 2.24) is 14.5 Å². The Labute approximate surface area is 201 Å². The van der Waals surface area contributed by atoms with Crippen LogP contribution in [-0.2, 0) is 7.05 Å². The Morgan fingerprint density at radius 3 is 2.24 bits per heavy atom. The normalized spacial score (nSPS) is 10.9. The van der Waals surface area contributed by atoms with Crippen LogP contribution in [0.3, 0.4) is 0 Å². The molecular weight excluding hydrogens is 449 g/mol. The van der Waals surface area contributed by atoms with Gasteiger partial charge in [-0.05, 0) is 24.6 Å². The smallest absolute Gasteiger partial charge is 0.183 e. The monoisotopic (exact) mass is 469 g/mol. The predicted octanol–water partition coefficient (Wildman–Crippen LogP) is 6.98. The van der Waals surface area contributed by atoms with E-state index in [1.165, 1.54) is 6.07 Å². The molecule has 0 fully saturated rings. The summed E-state index contributed by atoms with van der Waals surface area (Å²) in [6.45, 7) is 1.79. The number of aryl methyl sites for hydroxylation is 2. The van der Waals surface area contributed by atoms with Crippen LogP contribution < -0.4 is 5.32 Å². The Bertz CT molecular complexity index is 1450. The van der Waals surface area contributed by atoms with E-state index in [-0.39, 0.29) is 0 Å². The predicted molar refractivity (Wildman–Crippen MR) is 136 cm³/mol. The van der Waals surface area contributed by atoms with Crippen LogP contribution >= 0.6 is 11.6 Å². The van der Waals surface area contributed by atoms with Gasteiger partial charge in [0, 0.05) is 29.3 Å². The molecule has 0 aliphatic rings. The van der Waals surface area contributed by atoms with Gasteiger partial charge in [0.05, 0.1) is 23.2 Å². The Kier molecular flexibility index (Phi) is 5.82. The fraction of sp³-hybridized carbons (Fsp3) is 0.0741. The number of benzene rings is 3. The summed E-state index contributed by atoms with van der Waals surface area (Å²) in [6, 6.07) is 24.7. The van der Waals surface area contributed by atoms with Gasteiger partial charge in [-0.15, -0.1) is 0 Å². The van der Waals surface area contributed by atoms with Crippen LogP contribution in [-0.4, -0.2) is 20.2 Å². The molecule has 3 aromatic carbocycles. The highest BCUT2D eigenvalue weighted by atomic mass is 35.5. The highest BCUT2D eigenvalue weighted by Gasteiger charge is 2.15. The van der Waals surface area contributed by atoms with Crippen molar-refractivity contribution in [2.24, 2.45) is 12.0 Å². The zero-order valence-electron chi connectivity index (χ0n) is 18.6. The van der Waals surface area contributed by atoms with E-state index in [0.29, 0.717) is 33.4 Å². The molecule has 0 amide bonds. The van der Waals surface area contributed by atoms with E-state index in [4.69, 9.17) is 21.6 Å². The van der Waals surface area contributed by atoms with E-state index >= 15 is 0 Å². The first-order valence-corrected chi connectivity index (χ1v) is 11.1. The van der Waals surface area contributed by atoms with E-state index in [0.717, 1.165) is 22.4 Å². The molecule has 5 rings (SSSR count). The average Bonchev–Trinajstić information content (AvgIpc) is 3.21. The quantitative estimate of drug-likeness (QED) is 0.282. The standard InChI is InChI=1S/C27H21ClFN5/c1-17-13-20(28)14-21(29)24(17)31-23-15-22-26(30-16-34(22)2)27(32-23)33-25(18-9-5-3-6-10-18)19-11-7-4-8-12-19/h3-16H,1-2H3,(H,31,32). The molecule has 0 spiro atoms. The lowest BCUT2D eigenvalue weighted by Crippen LogP contribution is -2.04. The van der Waals surface area contributed by atoms with E-state index < -0.39 is 5.82 Å². The number of pyridine rings is 1. The van der Waals surface area contributed by atoms with Crippen LogP contribution in [0.25, 0.3) is 11.0 Å². The number of halogens is 2. The number of hydrogen-bond acceptors (Lipinski definition) is 4. The maximum atomic E-state index is 14.7. The number of fused-ring (bicyclic) bond motifs is 1. The molecule has 7 heteroatoms. The molecular formula is C27H21ClFN5. The summed E-state index contributed by atoms with van der Waals surface area (Å²) in [5, 5.41) is 3.46. The lowest BCUT2D eigenvalue weighted by molar-refractivity contribution is 0.631. The van der Waals surface area contributed by atoms with Crippen LogP contribution in [0.2, 0.25) is 5.02 Å². The molecule has 5 aromatic rings. The summed E-state index contributed by atoms with van der Waals surface area (Å²) in [5.41, 5.74) is 5.16. The van der Waals surface area contributed by atoms with Crippen LogP contribution in [0.4, 0.5) is 21.7 Å². The Morgan fingerprint density at radius 2 is 1.62 bits per heavy atom. The Balaban J connectivity index is 1.69. The van der Waals surface area contributed by atoms with Crippen molar-refractivity contribution < 1.29 is 4.39 Å². The van der Waals surface area contributed by atoms with Gasteiger partial charge in [-0.2, -0.15) is 0 Å². The summed E-state index contributed by atoms with van der Waals surface area (Å²) in [5.74, 6) is 0.450. The van der Waals surface area contributed by atoms with Crippen LogP contribution in [0.5, 0.6) is 0 Å². The van der Waals surface area contributed by atoms with Gasteiger partial charge in [0.2, 0.25) is 0 Å². The van der Waals surface area contributed by atoms with E-state index in [1.54, 1.807) is 19.3 Å². The van der Waals surface area contributed by atoms with Crippen molar-refractivity contribution in [1.29, 1.82) is 0 Å². The minimum Gasteiger partial charge on any atom is -0.337 e. The largest absolute Gasteiger partial charge is 0.337 e. The van der Waals surface area contributed by atoms with Crippen molar-refractivity contribution >= 4 is 45.7 Å². The number of nitrogens with one attached hydrogen (secondary N) is 1. The first-order chi connectivity index (χ1) is 16.5. The van der Waals surface area contributed by atoms with Gasteiger partial charge >= 0.3 is 0 Å². The van der Waals surface area contributed by atoms with Gasteiger partial charge in [0.25, 0.3) is 0 Å². The van der Waals surface area contributed by atoms with Crippen LogP contribution in [0.15, 0.2) is 90.2 Å². The average molecular weight is 470 g/mol. The molecule has 0 saturated heterocycles. The lowest BCUT2D eigenvalue weighted by Gasteiger charge is -2.12. The SMILES string of the molecule is Cc1cc(Cl)cc(F)c1Nc1cc2c(ncn2C)c(N=C(c2ccccc2)c2ccccc2)n1. The second-order valence-corrected chi connectivity index (χ2v) is 8.39. The van der Waals surface area contributed by atoms with Gasteiger partial charge in [-0.3, -0.25) is 0 Å². The Hall–Kier alpha value is -4.03. The van der Waals surface area contributed by atoms with Crippen molar-refractivity contribution in [2.45, 2.75) is 6.92 Å². The van der Waals surface area contributed by atoms with Gasteiger partial charge in [0.1, 0.15) is 17.2 Å². The molecule has 1 N–H and O–H groups in total. The molecule has 2 aromatic heterocycles. The molecule has 0 aliphatic heterocycles. The zero-order valence-corrected chi connectivity index (χ0v) is 19.4. The highest BCUT2D eigenvalue weighted by Crippen LogP contribution is 2.31. The highest BCUT2D eigenvalue weighted by molar-refractivity contribution is 6.30. The summed E-state index contributed by atoms with van der Waals surface area (Å²) in [4.78, 5) is 14.2. The van der Waals surface area contributed by atoms with E-state index in [1.807, 2.05) is 78.3 Å². The molecule has 0 aliphatic carbocycles. The fourth-order valence-electron chi connectivity index (χ4n) is 3.84. The molecule has 0 bridgehead atoms. The third-order valence-electron chi connectivity index (χ3n) is 5.51. The number of aromatic nitrogens is 3. The maximum absolute atomic E-state index is 14.7. The summed E-state index contributed by atoms with van der Waals surface area (Å²) in [6.07, 6.45) is 1.72. The van der Waals surface area contributed by atoms with Gasteiger partial charge in [-0.1, -0.05) is 72.3 Å². The van der Waals surface area contributed by atoms with E-state index in [9.17, 15) is 4.39 Å². The molecule has 5 nitrogen and oxygen atoms in total. The number of imidazole rings is 1. The number of anilines is 2. The van der Waals surface area contributed by atoms with Gasteiger partial charge in [0.15, 0.2) is 5.82 Å². The van der Waals surface area contributed by atoms with Gasteiger partial charge in [-0.25, -0.2) is 19.4 Å². The second kappa shape index (κ2) is 9.08. The molecule has 0 atom stereocenters. The topological polar surface area (TPSA) is 55.1 Å². The van der Waals surface area contributed by atoms with Crippen LogP contribution in [0, 0.1) is 12.7 Å². The van der Waals surface area contributed by atoms with Crippen molar-refractivity contribution in [2.75, 3.05) is 5.32 Å². The first-order valence-electron chi connectivity index (χ1n) is 10.7. The third-order valence-corrected chi connectivity index (χ3v) is 5.73. The maximum Gasteiger partial charge on any atom is 0.183 e. The fourth-order valence-corrected chi connectivity index (χ4v) is 4.09. The van der Waals surface area contributed by atoms with Crippen molar-refractivity contribution in [3.05, 3.63) is 113 Å². The number of nitrogens with zero attached hydrogens (tertiary/aromatic N) is 4. The molecule has 34 heavy (non-hydrogen) atoms. The van der Waals surface area contributed by atoms with Crippen molar-refractivity contribution in [3.63, 3.8) is 0 Å². The molecule has 0 saturated carbocycles. The number of hydrogen-bond donors (Lipinski definition) is 1. The lowest BCUT2D eigenvalue weighted by atomic mass is 10.0. The molecule has 2 heterocycles. The number of rotatable bonds is 5. The molecule has 0 radical (unpaired) electrons. The summed E-state index contributed by atoms with van der Waals surface area (Å²) >= 11 is 6.00. The minimum absolute atomic E-state index is 0.319. The van der Waals surface area contributed by atoms with Crippen molar-refractivity contribution in [3.8, 4) is 0 Å². The van der Waals surface area contributed by atoms with Crippen LogP contribution in [0.1, 0.15) is 16.7 Å². The summed E-state index contributed by atoms with van der Waals surface area (Å²) in [7, 11) is 1.90. The zero-order chi connectivity index (χ0) is 23.7. The molecule has 168 valence electrons.